The minimum absolute atomic E-state index is 0.00373. The Hall–Kier alpha value is -2.91. The number of fused-ring (bicyclic) bond motifs is 3. The molecular formula is C27H27BF3N2O2S-. The maximum atomic E-state index is 13.4. The second-order valence-corrected chi connectivity index (χ2v) is 9.95. The third-order valence-electron chi connectivity index (χ3n) is 7.21. The van der Waals surface area contributed by atoms with Gasteiger partial charge in [0.2, 0.25) is 0 Å². The summed E-state index contributed by atoms with van der Waals surface area (Å²) in [5, 5.41) is 0. The van der Waals surface area contributed by atoms with E-state index in [0.717, 1.165) is 11.1 Å². The Morgan fingerprint density at radius 3 is 2.14 bits per heavy atom. The van der Waals surface area contributed by atoms with Gasteiger partial charge in [-0.2, -0.15) is 0 Å². The molecule has 0 bridgehead atoms. The fraction of sp³-hybridized carbons (Fsp3) is 0.296. The predicted octanol–water partition coefficient (Wildman–Crippen LogP) is 5.40. The molecule has 0 unspecified atom stereocenters. The first-order valence-electron chi connectivity index (χ1n) is 12.1. The number of carbonyl (C=O) groups excluding carboxylic acids is 1. The summed E-state index contributed by atoms with van der Waals surface area (Å²) in [6.45, 7) is -0.950. The molecule has 0 N–H and O–H groups in total. The average molecular weight is 511 g/mol. The Morgan fingerprint density at radius 1 is 0.972 bits per heavy atom. The van der Waals surface area contributed by atoms with Crippen molar-refractivity contribution in [3.8, 4) is 11.1 Å². The molecule has 3 aromatic carbocycles. The van der Waals surface area contributed by atoms with Gasteiger partial charge in [-0.25, -0.2) is 4.79 Å². The lowest BCUT2D eigenvalue weighted by Gasteiger charge is -2.34. The highest BCUT2D eigenvalue weighted by Crippen LogP contribution is 2.44. The first-order valence-corrected chi connectivity index (χ1v) is 12.5. The molecule has 1 fully saturated rings. The second-order valence-electron chi connectivity index (χ2n) is 9.47. The van der Waals surface area contributed by atoms with Crippen molar-refractivity contribution in [2.24, 2.45) is 0 Å². The number of nitrogens with zero attached hydrogens (tertiary/aromatic N) is 2. The third-order valence-corrected chi connectivity index (χ3v) is 7.67. The van der Waals surface area contributed by atoms with E-state index in [0.29, 0.717) is 43.2 Å². The van der Waals surface area contributed by atoms with E-state index in [1.54, 1.807) is 11.0 Å². The van der Waals surface area contributed by atoms with Crippen molar-refractivity contribution < 1.29 is 22.5 Å². The van der Waals surface area contributed by atoms with E-state index in [2.05, 4.69) is 41.8 Å². The Labute approximate surface area is 214 Å². The fourth-order valence-electron chi connectivity index (χ4n) is 5.24. The fourth-order valence-corrected chi connectivity index (χ4v) is 5.54. The molecular weight excluding hydrogens is 484 g/mol. The van der Waals surface area contributed by atoms with Crippen LogP contribution in [-0.4, -0.2) is 55.7 Å². The van der Waals surface area contributed by atoms with Gasteiger partial charge in [0.1, 0.15) is 6.61 Å². The number of carbonyl (C=O) groups is 1. The number of thiol groups is 1. The summed E-state index contributed by atoms with van der Waals surface area (Å²) >= 11 is 4.25. The average Bonchev–Trinajstić information content (AvgIpc) is 3.18. The van der Waals surface area contributed by atoms with Gasteiger partial charge >= 0.3 is 13.1 Å². The van der Waals surface area contributed by atoms with E-state index < -0.39 is 12.4 Å². The van der Waals surface area contributed by atoms with Gasteiger partial charge in [-0.15, -0.1) is 18.1 Å². The minimum atomic E-state index is -5.10. The van der Waals surface area contributed by atoms with Crippen LogP contribution in [0.25, 0.3) is 11.1 Å². The Kier molecular flexibility index (Phi) is 6.79. The van der Waals surface area contributed by atoms with Gasteiger partial charge in [0.05, 0.1) is 0 Å². The standard InChI is InChI=1S/C27H27BF3N2O2S/c1-18-25(28(29,30)31)14-19(15-26(18)36)16-32-10-12-33(13-11-32)27(34)35-17-24-22-8-4-2-6-20(22)21-7-3-5-9-23(21)24/h2-9,14-15,24,36H,10-13,16-17H2,1H3/q-1. The van der Waals surface area contributed by atoms with Gasteiger partial charge in [-0.3, -0.25) is 4.90 Å². The van der Waals surface area contributed by atoms with Crippen LogP contribution in [0.2, 0.25) is 0 Å². The van der Waals surface area contributed by atoms with Crippen LogP contribution in [0.3, 0.4) is 0 Å². The predicted molar refractivity (Wildman–Crippen MR) is 139 cm³/mol. The van der Waals surface area contributed by atoms with Crippen molar-refractivity contribution in [3.63, 3.8) is 0 Å². The van der Waals surface area contributed by atoms with Crippen LogP contribution in [-0.2, 0) is 11.3 Å². The van der Waals surface area contributed by atoms with Crippen LogP contribution in [0.4, 0.5) is 17.7 Å². The number of hydrogen-bond donors (Lipinski definition) is 1. The molecule has 0 spiro atoms. The lowest BCUT2D eigenvalue weighted by atomic mass is 9.76. The largest absolute Gasteiger partial charge is 0.509 e. The van der Waals surface area contributed by atoms with E-state index in [1.807, 2.05) is 24.3 Å². The summed E-state index contributed by atoms with van der Waals surface area (Å²) in [6, 6.07) is 19.3. The highest BCUT2D eigenvalue weighted by atomic mass is 32.1. The van der Waals surface area contributed by atoms with Gasteiger partial charge in [0, 0.05) is 43.5 Å². The van der Waals surface area contributed by atoms with Gasteiger partial charge in [0.25, 0.3) is 0 Å². The summed E-state index contributed by atoms with van der Waals surface area (Å²) < 4.78 is 46.0. The van der Waals surface area contributed by atoms with E-state index >= 15 is 0 Å². The molecule has 0 radical (unpaired) electrons. The Morgan fingerprint density at radius 2 is 1.56 bits per heavy atom. The van der Waals surface area contributed by atoms with Crippen LogP contribution in [0, 0.1) is 6.92 Å². The SMILES string of the molecule is Cc1c(S)cc(CN2CCN(C(=O)OCC3c4ccccc4-c4ccccc43)CC2)cc1[B-](F)(F)F. The number of benzene rings is 3. The minimum Gasteiger partial charge on any atom is -0.448 e. The van der Waals surface area contributed by atoms with Gasteiger partial charge in [0.15, 0.2) is 0 Å². The van der Waals surface area contributed by atoms with Crippen molar-refractivity contribution in [2.45, 2.75) is 24.3 Å². The van der Waals surface area contributed by atoms with Crippen LogP contribution in [0.15, 0.2) is 65.6 Å². The topological polar surface area (TPSA) is 32.8 Å². The zero-order valence-electron chi connectivity index (χ0n) is 20.0. The van der Waals surface area contributed by atoms with Gasteiger partial charge in [-0.05, 0) is 40.8 Å². The molecule has 0 saturated carbocycles. The highest BCUT2D eigenvalue weighted by molar-refractivity contribution is 7.80. The molecule has 5 rings (SSSR count). The van der Waals surface area contributed by atoms with Gasteiger partial charge in [-0.1, -0.05) is 60.2 Å². The smallest absolute Gasteiger partial charge is 0.448 e. The Bertz CT molecular complexity index is 1250. The summed E-state index contributed by atoms with van der Waals surface area (Å²) in [5.74, 6) is 0.00373. The first-order chi connectivity index (χ1) is 17.2. The first kappa shape index (κ1) is 24.8. The molecule has 1 heterocycles. The lowest BCUT2D eigenvalue weighted by Crippen LogP contribution is -2.48. The lowest BCUT2D eigenvalue weighted by molar-refractivity contribution is 0.0728. The molecule has 1 aliphatic carbocycles. The number of ether oxygens (including phenoxy) is 1. The van der Waals surface area contributed by atoms with E-state index in [4.69, 9.17) is 4.74 Å². The van der Waals surface area contributed by atoms with Crippen molar-refractivity contribution in [3.05, 3.63) is 82.9 Å². The Balaban J connectivity index is 1.18. The monoisotopic (exact) mass is 511 g/mol. The second kappa shape index (κ2) is 9.86. The van der Waals surface area contributed by atoms with Crippen molar-refractivity contribution in [1.82, 2.24) is 9.80 Å². The number of rotatable bonds is 5. The zero-order chi connectivity index (χ0) is 25.4. The zero-order valence-corrected chi connectivity index (χ0v) is 20.9. The van der Waals surface area contributed by atoms with Crippen LogP contribution in [0.1, 0.15) is 28.2 Å². The van der Waals surface area contributed by atoms with Crippen LogP contribution < -0.4 is 5.46 Å². The maximum absolute atomic E-state index is 13.4. The molecule has 3 aromatic rings. The van der Waals surface area contributed by atoms with E-state index in [-0.39, 0.29) is 24.2 Å². The van der Waals surface area contributed by atoms with Crippen molar-refractivity contribution in [1.29, 1.82) is 0 Å². The van der Waals surface area contributed by atoms with Gasteiger partial charge < -0.3 is 22.6 Å². The third kappa shape index (κ3) is 4.86. The number of halogens is 3. The molecule has 188 valence electrons. The van der Waals surface area contributed by atoms with Crippen molar-refractivity contribution >= 4 is 31.2 Å². The quantitative estimate of drug-likeness (QED) is 0.368. The van der Waals surface area contributed by atoms with E-state index in [1.165, 1.54) is 24.1 Å². The highest BCUT2D eigenvalue weighted by Gasteiger charge is 2.31. The van der Waals surface area contributed by atoms with E-state index in [9.17, 15) is 17.7 Å². The maximum Gasteiger partial charge on any atom is 0.509 e. The normalized spacial score (nSPS) is 16.1. The molecule has 9 heteroatoms. The molecule has 2 aliphatic rings. The number of piperazine rings is 1. The molecule has 1 saturated heterocycles. The summed E-state index contributed by atoms with van der Waals surface area (Å²) in [5.41, 5.74) is 4.84. The summed E-state index contributed by atoms with van der Waals surface area (Å²) in [7, 11) is 0. The molecule has 1 aliphatic heterocycles. The molecule has 4 nitrogen and oxygen atoms in total. The summed E-state index contributed by atoms with van der Waals surface area (Å²) in [6.07, 6.45) is -0.355. The molecule has 1 amide bonds. The van der Waals surface area contributed by atoms with Crippen LogP contribution >= 0.6 is 12.6 Å². The van der Waals surface area contributed by atoms with Crippen molar-refractivity contribution in [2.75, 3.05) is 32.8 Å². The number of amides is 1. The van der Waals surface area contributed by atoms with Crippen LogP contribution in [0.5, 0.6) is 0 Å². The molecule has 0 aromatic heterocycles. The number of hydrogen-bond acceptors (Lipinski definition) is 4. The molecule has 0 atom stereocenters. The molecule has 36 heavy (non-hydrogen) atoms. The summed E-state index contributed by atoms with van der Waals surface area (Å²) in [4.78, 5) is 16.9.